The van der Waals surface area contributed by atoms with Gasteiger partial charge in [0.25, 0.3) is 0 Å². The summed E-state index contributed by atoms with van der Waals surface area (Å²) in [6.45, 7) is 2.83. The van der Waals surface area contributed by atoms with Gasteiger partial charge in [-0.05, 0) is 22.4 Å². The molecule has 7 heteroatoms. The Kier molecular flexibility index (Phi) is 3.54. The topological polar surface area (TPSA) is 68.2 Å². The zero-order valence-electron chi connectivity index (χ0n) is 10.9. The fourth-order valence-corrected chi connectivity index (χ4v) is 2.76. The Morgan fingerprint density at radius 3 is 2.95 bits per heavy atom. The third-order valence-electron chi connectivity index (χ3n) is 3.18. The van der Waals surface area contributed by atoms with Crippen molar-refractivity contribution in [3.05, 3.63) is 46.7 Å². The van der Waals surface area contributed by atoms with Crippen molar-refractivity contribution in [2.24, 2.45) is 0 Å². The Labute approximate surface area is 124 Å². The lowest BCUT2D eigenvalue weighted by Crippen LogP contribution is -2.10. The van der Waals surface area contributed by atoms with Gasteiger partial charge in [-0.15, -0.1) is 0 Å². The Balaban J connectivity index is 2.08. The first-order chi connectivity index (χ1) is 9.72. The van der Waals surface area contributed by atoms with E-state index in [1.54, 1.807) is 35.5 Å². The second-order valence-corrected chi connectivity index (χ2v) is 5.36. The van der Waals surface area contributed by atoms with E-state index in [-0.39, 0.29) is 0 Å². The quantitative estimate of drug-likeness (QED) is 0.793. The summed E-state index contributed by atoms with van der Waals surface area (Å²) in [5.41, 5.74) is 2.25. The molecule has 1 atom stereocenters. The van der Waals surface area contributed by atoms with E-state index in [0.717, 1.165) is 34.2 Å². The van der Waals surface area contributed by atoms with Gasteiger partial charge in [0.05, 0.1) is 34.3 Å². The molecule has 1 unspecified atom stereocenters. The number of aryl methyl sites for hydroxylation is 1. The average molecular weight is 336 g/mol. The summed E-state index contributed by atoms with van der Waals surface area (Å²) >= 11 is 3.45. The van der Waals surface area contributed by atoms with Crippen molar-refractivity contribution in [2.75, 3.05) is 0 Å². The van der Waals surface area contributed by atoms with Gasteiger partial charge >= 0.3 is 0 Å². The van der Waals surface area contributed by atoms with E-state index in [1.165, 1.54) is 0 Å². The zero-order valence-corrected chi connectivity index (χ0v) is 12.5. The van der Waals surface area contributed by atoms with Crippen molar-refractivity contribution in [1.82, 2.24) is 24.4 Å². The molecule has 0 aliphatic carbocycles. The summed E-state index contributed by atoms with van der Waals surface area (Å²) in [6, 6.07) is 0. The lowest BCUT2D eigenvalue weighted by molar-refractivity contribution is 0.208. The van der Waals surface area contributed by atoms with Crippen LogP contribution in [-0.4, -0.2) is 29.5 Å². The molecule has 3 aromatic rings. The van der Waals surface area contributed by atoms with E-state index in [1.807, 2.05) is 4.68 Å². The smallest absolute Gasteiger partial charge is 0.125 e. The maximum Gasteiger partial charge on any atom is 0.125 e. The van der Waals surface area contributed by atoms with Gasteiger partial charge in [0.2, 0.25) is 0 Å². The number of rotatable bonds is 4. The van der Waals surface area contributed by atoms with Gasteiger partial charge in [0.1, 0.15) is 6.10 Å². The SMILES string of the molecule is CCCn1ncc(Br)c1C(O)c1cnn2ccncc12. The van der Waals surface area contributed by atoms with E-state index in [2.05, 4.69) is 38.0 Å². The van der Waals surface area contributed by atoms with Crippen LogP contribution in [0.3, 0.4) is 0 Å². The molecule has 0 saturated carbocycles. The van der Waals surface area contributed by atoms with Crippen molar-refractivity contribution in [2.45, 2.75) is 26.0 Å². The van der Waals surface area contributed by atoms with Gasteiger partial charge in [0, 0.05) is 24.5 Å². The second kappa shape index (κ2) is 5.34. The number of aliphatic hydroxyl groups excluding tert-OH is 1. The van der Waals surface area contributed by atoms with Crippen molar-refractivity contribution in [3.63, 3.8) is 0 Å². The standard InChI is InChI=1S/C13H14BrN5O/c1-2-4-19-12(10(14)7-17-19)13(20)9-6-16-18-5-3-15-8-11(9)18/h3,5-8,13,20H,2,4H2,1H3. The molecule has 3 rings (SSSR count). The monoisotopic (exact) mass is 335 g/mol. The van der Waals surface area contributed by atoms with E-state index < -0.39 is 6.10 Å². The predicted molar refractivity (Wildman–Crippen MR) is 77.3 cm³/mol. The van der Waals surface area contributed by atoms with E-state index >= 15 is 0 Å². The minimum atomic E-state index is -0.792. The molecule has 0 amide bonds. The van der Waals surface area contributed by atoms with Gasteiger partial charge in [-0.2, -0.15) is 10.2 Å². The van der Waals surface area contributed by atoms with Crippen LogP contribution in [0.4, 0.5) is 0 Å². The normalized spacial score (nSPS) is 12.9. The van der Waals surface area contributed by atoms with E-state index in [0.29, 0.717) is 0 Å². The van der Waals surface area contributed by atoms with Crippen LogP contribution in [0.15, 0.2) is 35.5 Å². The molecular weight excluding hydrogens is 322 g/mol. The molecule has 0 bridgehead atoms. The summed E-state index contributed by atoms with van der Waals surface area (Å²) in [6.07, 6.45) is 8.64. The van der Waals surface area contributed by atoms with Crippen molar-refractivity contribution < 1.29 is 5.11 Å². The van der Waals surface area contributed by atoms with Crippen LogP contribution in [0.2, 0.25) is 0 Å². The fraction of sp³-hybridized carbons (Fsp3) is 0.308. The number of fused-ring (bicyclic) bond motifs is 1. The molecule has 104 valence electrons. The largest absolute Gasteiger partial charge is 0.382 e. The Morgan fingerprint density at radius 2 is 2.15 bits per heavy atom. The summed E-state index contributed by atoms with van der Waals surface area (Å²) in [5.74, 6) is 0. The first-order valence-corrected chi connectivity index (χ1v) is 7.18. The zero-order chi connectivity index (χ0) is 14.1. The van der Waals surface area contributed by atoms with Crippen LogP contribution in [0.1, 0.15) is 30.7 Å². The first-order valence-electron chi connectivity index (χ1n) is 6.39. The minimum Gasteiger partial charge on any atom is -0.382 e. The predicted octanol–water partition coefficient (Wildman–Crippen LogP) is 2.18. The molecule has 1 N–H and O–H groups in total. The van der Waals surface area contributed by atoms with Crippen molar-refractivity contribution >= 4 is 21.4 Å². The molecule has 3 heterocycles. The lowest BCUT2D eigenvalue weighted by atomic mass is 10.1. The maximum atomic E-state index is 10.7. The highest BCUT2D eigenvalue weighted by atomic mass is 79.9. The molecule has 0 aromatic carbocycles. The number of aliphatic hydroxyl groups is 1. The highest BCUT2D eigenvalue weighted by Gasteiger charge is 2.22. The van der Waals surface area contributed by atoms with E-state index in [4.69, 9.17) is 0 Å². The molecule has 0 spiro atoms. The molecule has 0 aliphatic heterocycles. The Morgan fingerprint density at radius 1 is 1.30 bits per heavy atom. The van der Waals surface area contributed by atoms with E-state index in [9.17, 15) is 5.11 Å². The summed E-state index contributed by atoms with van der Waals surface area (Å²) in [5, 5.41) is 19.2. The molecule has 3 aromatic heterocycles. The van der Waals surface area contributed by atoms with Crippen LogP contribution >= 0.6 is 15.9 Å². The highest BCUT2D eigenvalue weighted by Crippen LogP contribution is 2.30. The number of nitrogens with zero attached hydrogens (tertiary/aromatic N) is 5. The molecule has 0 fully saturated rings. The van der Waals surface area contributed by atoms with Crippen LogP contribution in [0, 0.1) is 0 Å². The van der Waals surface area contributed by atoms with Gasteiger partial charge < -0.3 is 5.11 Å². The molecule has 6 nitrogen and oxygen atoms in total. The Hall–Kier alpha value is -1.73. The number of aromatic nitrogens is 5. The second-order valence-electron chi connectivity index (χ2n) is 4.51. The van der Waals surface area contributed by atoms with Crippen LogP contribution < -0.4 is 0 Å². The molecule has 0 aliphatic rings. The van der Waals surface area contributed by atoms with Gasteiger partial charge in [-0.25, -0.2) is 4.52 Å². The fourth-order valence-electron chi connectivity index (χ4n) is 2.24. The molecule has 0 saturated heterocycles. The molecule has 20 heavy (non-hydrogen) atoms. The summed E-state index contributed by atoms with van der Waals surface area (Å²) in [7, 11) is 0. The number of halogens is 1. The summed E-state index contributed by atoms with van der Waals surface area (Å²) < 4.78 is 4.30. The summed E-state index contributed by atoms with van der Waals surface area (Å²) in [4.78, 5) is 4.08. The third kappa shape index (κ3) is 2.12. The minimum absolute atomic E-state index is 0.719. The number of hydrogen-bond donors (Lipinski definition) is 1. The third-order valence-corrected chi connectivity index (χ3v) is 3.79. The van der Waals surface area contributed by atoms with Gasteiger partial charge in [-0.1, -0.05) is 6.92 Å². The Bertz CT molecular complexity index is 735. The lowest BCUT2D eigenvalue weighted by Gasteiger charge is -2.13. The number of hydrogen-bond acceptors (Lipinski definition) is 4. The van der Waals surface area contributed by atoms with Gasteiger partial charge in [0.15, 0.2) is 0 Å². The molecule has 0 radical (unpaired) electrons. The van der Waals surface area contributed by atoms with Crippen LogP contribution in [0.25, 0.3) is 5.52 Å². The van der Waals surface area contributed by atoms with Crippen molar-refractivity contribution in [3.8, 4) is 0 Å². The first kappa shape index (κ1) is 13.3. The van der Waals surface area contributed by atoms with Crippen LogP contribution in [-0.2, 0) is 6.54 Å². The highest BCUT2D eigenvalue weighted by molar-refractivity contribution is 9.10. The maximum absolute atomic E-state index is 10.7. The van der Waals surface area contributed by atoms with Crippen LogP contribution in [0.5, 0.6) is 0 Å². The molecular formula is C13H14BrN5O. The van der Waals surface area contributed by atoms with Gasteiger partial charge in [-0.3, -0.25) is 9.67 Å². The van der Waals surface area contributed by atoms with Crippen molar-refractivity contribution in [1.29, 1.82) is 0 Å². The average Bonchev–Trinajstić information content (AvgIpc) is 3.03.